The van der Waals surface area contributed by atoms with Crippen LogP contribution >= 0.6 is 0 Å². The number of hydrogen-bond donors (Lipinski definition) is 2. The van der Waals surface area contributed by atoms with Gasteiger partial charge in [0.05, 0.1) is 34.5 Å². The molecule has 0 saturated carbocycles. The maximum absolute atomic E-state index is 13.3. The van der Waals surface area contributed by atoms with Gasteiger partial charge in [-0.1, -0.05) is 48.9 Å². The molecule has 6 rings (SSSR count). The number of fused-ring (bicyclic) bond motifs is 1. The lowest BCUT2D eigenvalue weighted by Crippen LogP contribution is -2.29. The molecule has 0 radical (unpaired) electrons. The molecular formula is C32H30N6O3. The van der Waals surface area contributed by atoms with Crippen molar-refractivity contribution < 1.29 is 9.72 Å². The first-order chi connectivity index (χ1) is 20.0. The number of nitro groups is 1. The van der Waals surface area contributed by atoms with Gasteiger partial charge in [-0.05, 0) is 66.9 Å². The largest absolute Gasteiger partial charge is 0.345 e. The Hall–Kier alpha value is -4.89. The predicted octanol–water partition coefficient (Wildman–Crippen LogP) is 6.33. The predicted molar refractivity (Wildman–Crippen MR) is 160 cm³/mol. The van der Waals surface area contributed by atoms with E-state index in [4.69, 9.17) is 4.99 Å². The Morgan fingerprint density at radius 2 is 1.80 bits per heavy atom. The van der Waals surface area contributed by atoms with E-state index in [1.54, 1.807) is 18.6 Å². The highest BCUT2D eigenvalue weighted by molar-refractivity contribution is 6.24. The highest BCUT2D eigenvalue weighted by atomic mass is 16.6. The van der Waals surface area contributed by atoms with Crippen LogP contribution in [0.3, 0.4) is 0 Å². The number of likely N-dealkylation sites (tertiary alicyclic amines) is 1. The Kier molecular flexibility index (Phi) is 7.51. The van der Waals surface area contributed by atoms with Crippen LogP contribution in [0.1, 0.15) is 53.1 Å². The third-order valence-corrected chi connectivity index (χ3v) is 7.57. The van der Waals surface area contributed by atoms with Gasteiger partial charge < -0.3 is 10.3 Å². The van der Waals surface area contributed by atoms with Crippen LogP contribution in [0, 0.1) is 10.1 Å². The second-order valence-electron chi connectivity index (χ2n) is 10.4. The smallest absolute Gasteiger partial charge is 0.269 e. The summed E-state index contributed by atoms with van der Waals surface area (Å²) in [6, 6.07) is 20.4. The van der Waals surface area contributed by atoms with Crippen molar-refractivity contribution in [2.75, 3.05) is 18.4 Å². The molecule has 1 unspecified atom stereocenters. The molecule has 1 aromatic heterocycles. The number of nitrogens with one attached hydrogen (secondary N) is 2. The SMILES string of the molecule is O=C1Nc2ccc([N+](=O)[O-])cc2C1C(=Nc1ccc(C=Cc2cnc[nH]2)cc1)c1ccc(CN2CCCCC2)cc1. The van der Waals surface area contributed by atoms with Gasteiger partial charge in [0.2, 0.25) is 5.91 Å². The highest BCUT2D eigenvalue weighted by Gasteiger charge is 2.36. The molecule has 206 valence electrons. The summed E-state index contributed by atoms with van der Waals surface area (Å²) in [6.07, 6.45) is 11.0. The number of aliphatic imine (C=N–C) groups is 1. The van der Waals surface area contributed by atoms with E-state index in [-0.39, 0.29) is 11.6 Å². The van der Waals surface area contributed by atoms with Crippen molar-refractivity contribution in [2.24, 2.45) is 4.99 Å². The number of anilines is 1. The number of hydrogen-bond acceptors (Lipinski definition) is 6. The fraction of sp³-hybridized carbons (Fsp3) is 0.219. The molecule has 0 spiro atoms. The minimum atomic E-state index is -0.780. The second-order valence-corrected chi connectivity index (χ2v) is 10.4. The normalized spacial score (nSPS) is 17.5. The van der Waals surface area contributed by atoms with Crippen molar-refractivity contribution in [3.63, 3.8) is 0 Å². The summed E-state index contributed by atoms with van der Waals surface area (Å²) in [6.45, 7) is 3.11. The Labute approximate surface area is 237 Å². The minimum absolute atomic E-state index is 0.0603. The van der Waals surface area contributed by atoms with Gasteiger partial charge in [-0.25, -0.2) is 4.98 Å². The number of imidazole rings is 1. The van der Waals surface area contributed by atoms with E-state index in [2.05, 4.69) is 32.3 Å². The number of rotatable bonds is 8. The highest BCUT2D eigenvalue weighted by Crippen LogP contribution is 2.38. The third kappa shape index (κ3) is 6.00. The van der Waals surface area contributed by atoms with Gasteiger partial charge in [-0.3, -0.25) is 24.8 Å². The van der Waals surface area contributed by atoms with Crippen molar-refractivity contribution in [1.29, 1.82) is 0 Å². The van der Waals surface area contributed by atoms with E-state index in [0.717, 1.165) is 36.5 Å². The van der Waals surface area contributed by atoms with Gasteiger partial charge >= 0.3 is 0 Å². The molecule has 4 aromatic rings. The Balaban J connectivity index is 1.35. The number of aromatic amines is 1. The summed E-state index contributed by atoms with van der Waals surface area (Å²) < 4.78 is 0. The van der Waals surface area contributed by atoms with Gasteiger partial charge in [-0.15, -0.1) is 0 Å². The first-order valence-corrected chi connectivity index (χ1v) is 13.8. The third-order valence-electron chi connectivity index (χ3n) is 7.57. The minimum Gasteiger partial charge on any atom is -0.345 e. The Bertz CT molecular complexity index is 1600. The van der Waals surface area contributed by atoms with E-state index < -0.39 is 10.8 Å². The fourth-order valence-electron chi connectivity index (χ4n) is 5.43. The first-order valence-electron chi connectivity index (χ1n) is 13.8. The van der Waals surface area contributed by atoms with Gasteiger partial charge in [0.1, 0.15) is 5.92 Å². The van der Waals surface area contributed by atoms with Gasteiger partial charge in [0.25, 0.3) is 5.69 Å². The molecule has 9 heteroatoms. The van der Waals surface area contributed by atoms with Crippen molar-refractivity contribution in [3.05, 3.63) is 117 Å². The number of nitro benzene ring substituents is 1. The molecule has 1 atom stereocenters. The number of carbonyl (C=O) groups is 1. The number of nitrogens with zero attached hydrogens (tertiary/aromatic N) is 4. The average Bonchev–Trinajstić information content (AvgIpc) is 3.63. The molecule has 2 aliphatic rings. The van der Waals surface area contributed by atoms with Crippen molar-refractivity contribution >= 4 is 40.8 Å². The molecule has 9 nitrogen and oxygen atoms in total. The van der Waals surface area contributed by atoms with E-state index in [1.165, 1.54) is 37.0 Å². The van der Waals surface area contributed by atoms with Crippen molar-refractivity contribution in [3.8, 4) is 0 Å². The molecule has 0 aliphatic carbocycles. The molecule has 1 amide bonds. The van der Waals surface area contributed by atoms with Crippen LogP contribution < -0.4 is 5.32 Å². The van der Waals surface area contributed by atoms with Crippen LogP contribution in [0.25, 0.3) is 12.2 Å². The van der Waals surface area contributed by atoms with Crippen LogP contribution in [0.2, 0.25) is 0 Å². The number of aromatic nitrogens is 2. The average molecular weight is 547 g/mol. The monoisotopic (exact) mass is 546 g/mol. The number of non-ortho nitro benzene ring substituents is 1. The standard InChI is InChI=1S/C32H30N6O3/c39-32-30(28-18-27(38(40)41)14-15-29(28)36-32)31(24-9-4-23(5-10-24)20-37-16-2-1-3-17-37)35-25-11-6-22(7-12-25)8-13-26-19-33-21-34-26/h4-15,18-19,21,30H,1-3,16-17,20H2,(H,33,34)(H,36,39). The molecule has 1 saturated heterocycles. The van der Waals surface area contributed by atoms with Gasteiger partial charge in [0, 0.05) is 29.9 Å². The molecule has 3 aromatic carbocycles. The van der Waals surface area contributed by atoms with Crippen LogP contribution in [0.5, 0.6) is 0 Å². The molecule has 0 bridgehead atoms. The zero-order chi connectivity index (χ0) is 28.2. The maximum Gasteiger partial charge on any atom is 0.269 e. The molecule has 3 heterocycles. The Morgan fingerprint density at radius 1 is 1.02 bits per heavy atom. The topological polar surface area (TPSA) is 117 Å². The van der Waals surface area contributed by atoms with Crippen LogP contribution in [0.4, 0.5) is 17.1 Å². The van der Waals surface area contributed by atoms with Gasteiger partial charge in [0.15, 0.2) is 0 Å². The second kappa shape index (κ2) is 11.7. The molecule has 41 heavy (non-hydrogen) atoms. The number of amides is 1. The summed E-state index contributed by atoms with van der Waals surface area (Å²) in [7, 11) is 0. The van der Waals surface area contributed by atoms with E-state index in [1.807, 2.05) is 48.6 Å². The zero-order valence-electron chi connectivity index (χ0n) is 22.5. The number of carbonyl (C=O) groups excluding carboxylic acids is 1. The van der Waals surface area contributed by atoms with E-state index >= 15 is 0 Å². The van der Waals surface area contributed by atoms with Crippen molar-refractivity contribution in [1.82, 2.24) is 14.9 Å². The molecule has 2 aliphatic heterocycles. The van der Waals surface area contributed by atoms with Crippen molar-refractivity contribution in [2.45, 2.75) is 31.7 Å². The van der Waals surface area contributed by atoms with Crippen LogP contribution in [-0.2, 0) is 11.3 Å². The van der Waals surface area contributed by atoms with E-state index in [9.17, 15) is 14.9 Å². The molecule has 2 N–H and O–H groups in total. The lowest BCUT2D eigenvalue weighted by atomic mass is 9.90. The lowest BCUT2D eigenvalue weighted by Gasteiger charge is -2.26. The molecular weight excluding hydrogens is 516 g/mol. The summed E-state index contributed by atoms with van der Waals surface area (Å²) >= 11 is 0. The van der Waals surface area contributed by atoms with Gasteiger partial charge in [-0.2, -0.15) is 0 Å². The number of benzene rings is 3. The first kappa shape index (κ1) is 26.3. The zero-order valence-corrected chi connectivity index (χ0v) is 22.5. The quantitative estimate of drug-likeness (QED) is 0.152. The summed E-state index contributed by atoms with van der Waals surface area (Å²) in [5.74, 6) is -1.03. The van der Waals surface area contributed by atoms with E-state index in [0.29, 0.717) is 22.6 Å². The lowest BCUT2D eigenvalue weighted by molar-refractivity contribution is -0.384. The maximum atomic E-state index is 13.3. The Morgan fingerprint density at radius 3 is 2.51 bits per heavy atom. The fourth-order valence-corrected chi connectivity index (χ4v) is 5.43. The summed E-state index contributed by atoms with van der Waals surface area (Å²) in [4.78, 5) is 38.9. The van der Waals surface area contributed by atoms with Crippen LogP contribution in [0.15, 0.2) is 84.2 Å². The molecule has 1 fully saturated rings. The number of piperidine rings is 1. The number of H-pyrrole nitrogens is 1. The summed E-state index contributed by atoms with van der Waals surface area (Å²) in [5, 5.41) is 14.4. The van der Waals surface area contributed by atoms with Crippen LogP contribution in [-0.4, -0.2) is 44.5 Å². The summed E-state index contributed by atoms with van der Waals surface area (Å²) in [5.41, 5.74) is 6.19.